The Kier molecular flexibility index (Phi) is 4.60. The van der Waals surface area contributed by atoms with Crippen molar-refractivity contribution in [3.8, 4) is 16.8 Å². The molecular weight excluding hydrogens is 359 g/mol. The SMILES string of the molecule is Cc1ccc(-c2csc(C(=O)Nc3ccc(F)cc3)c2-n2cccc2)cc1. The first-order valence-corrected chi connectivity index (χ1v) is 9.38. The lowest BCUT2D eigenvalue weighted by Crippen LogP contribution is -2.13. The number of rotatable bonds is 4. The number of hydrogen-bond acceptors (Lipinski definition) is 2. The maximum absolute atomic E-state index is 13.1. The van der Waals surface area contributed by atoms with Crippen LogP contribution in [0.15, 0.2) is 78.4 Å². The number of amides is 1. The van der Waals surface area contributed by atoms with Crippen LogP contribution in [0.3, 0.4) is 0 Å². The second kappa shape index (κ2) is 7.21. The average Bonchev–Trinajstić information content (AvgIpc) is 3.33. The fraction of sp³-hybridized carbons (Fsp3) is 0.0455. The number of thiophene rings is 1. The van der Waals surface area contributed by atoms with E-state index in [1.54, 1.807) is 12.1 Å². The van der Waals surface area contributed by atoms with Gasteiger partial charge in [-0.15, -0.1) is 11.3 Å². The zero-order chi connectivity index (χ0) is 18.8. The molecule has 2 heterocycles. The Morgan fingerprint density at radius 2 is 1.67 bits per heavy atom. The van der Waals surface area contributed by atoms with E-state index in [0.29, 0.717) is 10.6 Å². The minimum atomic E-state index is -0.334. The van der Waals surface area contributed by atoms with Gasteiger partial charge in [-0.05, 0) is 48.9 Å². The summed E-state index contributed by atoms with van der Waals surface area (Å²) in [5.41, 5.74) is 4.64. The Bertz CT molecular complexity index is 1060. The number of hydrogen-bond donors (Lipinski definition) is 1. The van der Waals surface area contributed by atoms with E-state index in [2.05, 4.69) is 29.6 Å². The lowest BCUT2D eigenvalue weighted by molar-refractivity contribution is 0.103. The van der Waals surface area contributed by atoms with Gasteiger partial charge >= 0.3 is 0 Å². The molecule has 0 spiro atoms. The largest absolute Gasteiger partial charge is 0.322 e. The number of aryl methyl sites for hydroxylation is 1. The third-order valence-corrected chi connectivity index (χ3v) is 5.27. The van der Waals surface area contributed by atoms with Gasteiger partial charge in [0.25, 0.3) is 5.91 Å². The first-order chi connectivity index (χ1) is 13.1. The van der Waals surface area contributed by atoms with Crippen LogP contribution in [0, 0.1) is 12.7 Å². The molecule has 5 heteroatoms. The van der Waals surface area contributed by atoms with Crippen LogP contribution in [-0.2, 0) is 0 Å². The predicted octanol–water partition coefficient (Wildman–Crippen LogP) is 5.91. The van der Waals surface area contributed by atoms with Crippen LogP contribution >= 0.6 is 11.3 Å². The second-order valence-corrected chi connectivity index (χ2v) is 7.12. The van der Waals surface area contributed by atoms with Crippen LogP contribution in [0.1, 0.15) is 15.2 Å². The molecule has 1 amide bonds. The summed E-state index contributed by atoms with van der Waals surface area (Å²) in [4.78, 5) is 13.5. The molecule has 2 aromatic carbocycles. The van der Waals surface area contributed by atoms with Crippen LogP contribution in [-0.4, -0.2) is 10.5 Å². The number of nitrogens with one attached hydrogen (secondary N) is 1. The monoisotopic (exact) mass is 376 g/mol. The molecule has 0 saturated heterocycles. The van der Waals surface area contributed by atoms with Gasteiger partial charge in [-0.2, -0.15) is 0 Å². The van der Waals surface area contributed by atoms with E-state index in [1.165, 1.54) is 29.0 Å². The predicted molar refractivity (Wildman–Crippen MR) is 108 cm³/mol. The molecule has 2 aromatic heterocycles. The molecule has 0 atom stereocenters. The molecule has 4 rings (SSSR count). The van der Waals surface area contributed by atoms with Gasteiger partial charge in [-0.3, -0.25) is 4.79 Å². The number of aromatic nitrogens is 1. The quantitative estimate of drug-likeness (QED) is 0.472. The van der Waals surface area contributed by atoms with E-state index < -0.39 is 0 Å². The van der Waals surface area contributed by atoms with E-state index in [0.717, 1.165) is 16.8 Å². The van der Waals surface area contributed by atoms with Crippen molar-refractivity contribution in [1.82, 2.24) is 4.57 Å². The van der Waals surface area contributed by atoms with Gasteiger partial charge in [0.15, 0.2) is 0 Å². The summed E-state index contributed by atoms with van der Waals surface area (Å²) in [7, 11) is 0. The van der Waals surface area contributed by atoms with Crippen molar-refractivity contribution < 1.29 is 9.18 Å². The molecule has 134 valence electrons. The molecule has 0 radical (unpaired) electrons. The normalized spacial score (nSPS) is 10.7. The minimum absolute atomic E-state index is 0.214. The molecule has 0 aliphatic rings. The molecule has 0 unspecified atom stereocenters. The Balaban J connectivity index is 1.75. The molecule has 0 saturated carbocycles. The lowest BCUT2D eigenvalue weighted by Gasteiger charge is -2.10. The van der Waals surface area contributed by atoms with Crippen LogP contribution < -0.4 is 5.32 Å². The van der Waals surface area contributed by atoms with Crippen molar-refractivity contribution in [1.29, 1.82) is 0 Å². The molecule has 0 fully saturated rings. The Morgan fingerprint density at radius 3 is 2.33 bits per heavy atom. The summed E-state index contributed by atoms with van der Waals surface area (Å²) in [5, 5.41) is 4.85. The Morgan fingerprint density at radius 1 is 1.00 bits per heavy atom. The molecule has 0 aliphatic carbocycles. The van der Waals surface area contributed by atoms with Crippen LogP contribution in [0.4, 0.5) is 10.1 Å². The lowest BCUT2D eigenvalue weighted by atomic mass is 10.0. The van der Waals surface area contributed by atoms with Gasteiger partial charge in [0.1, 0.15) is 10.7 Å². The summed E-state index contributed by atoms with van der Waals surface area (Å²) in [6, 6.07) is 17.9. The number of nitrogens with zero attached hydrogens (tertiary/aromatic N) is 1. The maximum Gasteiger partial charge on any atom is 0.267 e. The number of carbonyl (C=O) groups is 1. The van der Waals surface area contributed by atoms with E-state index in [4.69, 9.17) is 0 Å². The second-order valence-electron chi connectivity index (χ2n) is 6.24. The van der Waals surface area contributed by atoms with Gasteiger partial charge in [-0.1, -0.05) is 29.8 Å². The first kappa shape index (κ1) is 17.2. The summed E-state index contributed by atoms with van der Waals surface area (Å²) in [6.45, 7) is 2.05. The smallest absolute Gasteiger partial charge is 0.267 e. The van der Waals surface area contributed by atoms with Crippen LogP contribution in [0.2, 0.25) is 0 Å². The zero-order valence-electron chi connectivity index (χ0n) is 14.6. The van der Waals surface area contributed by atoms with Crippen molar-refractivity contribution in [3.63, 3.8) is 0 Å². The van der Waals surface area contributed by atoms with Crippen molar-refractivity contribution in [2.45, 2.75) is 6.92 Å². The average molecular weight is 376 g/mol. The highest BCUT2D eigenvalue weighted by Gasteiger charge is 2.20. The third-order valence-electron chi connectivity index (χ3n) is 4.30. The molecule has 0 aliphatic heterocycles. The van der Waals surface area contributed by atoms with E-state index in [-0.39, 0.29) is 11.7 Å². The van der Waals surface area contributed by atoms with Crippen molar-refractivity contribution in [2.24, 2.45) is 0 Å². The Hall–Kier alpha value is -3.18. The zero-order valence-corrected chi connectivity index (χ0v) is 15.5. The molecule has 3 nitrogen and oxygen atoms in total. The molecular formula is C22H17FN2OS. The van der Waals surface area contributed by atoms with Gasteiger partial charge < -0.3 is 9.88 Å². The highest BCUT2D eigenvalue weighted by atomic mass is 32.1. The maximum atomic E-state index is 13.1. The van der Waals surface area contributed by atoms with E-state index >= 15 is 0 Å². The minimum Gasteiger partial charge on any atom is -0.322 e. The van der Waals surface area contributed by atoms with Gasteiger partial charge in [0.05, 0.1) is 5.69 Å². The molecule has 4 aromatic rings. The molecule has 1 N–H and O–H groups in total. The topological polar surface area (TPSA) is 34.0 Å². The Labute approximate surface area is 160 Å². The summed E-state index contributed by atoms with van der Waals surface area (Å²) in [5.74, 6) is -0.549. The third kappa shape index (κ3) is 3.55. The standard InChI is InChI=1S/C22H17FN2OS/c1-15-4-6-16(7-5-15)19-14-27-21(20(19)25-12-2-3-13-25)22(26)24-18-10-8-17(23)9-11-18/h2-14H,1H3,(H,24,26). The number of anilines is 1. The van der Waals surface area contributed by atoms with Gasteiger partial charge in [0, 0.05) is 29.0 Å². The van der Waals surface area contributed by atoms with Gasteiger partial charge in [0.2, 0.25) is 0 Å². The summed E-state index contributed by atoms with van der Waals surface area (Å²) >= 11 is 1.40. The van der Waals surface area contributed by atoms with E-state index in [1.807, 2.05) is 41.4 Å². The fourth-order valence-electron chi connectivity index (χ4n) is 2.91. The van der Waals surface area contributed by atoms with Crippen molar-refractivity contribution in [3.05, 3.63) is 94.7 Å². The summed E-state index contributed by atoms with van der Waals surface area (Å²) < 4.78 is 15.1. The van der Waals surface area contributed by atoms with E-state index in [9.17, 15) is 9.18 Å². The highest BCUT2D eigenvalue weighted by Crippen LogP contribution is 2.35. The van der Waals surface area contributed by atoms with Crippen molar-refractivity contribution >= 4 is 22.9 Å². The fourth-order valence-corrected chi connectivity index (χ4v) is 3.88. The first-order valence-electron chi connectivity index (χ1n) is 8.50. The van der Waals surface area contributed by atoms with Crippen LogP contribution in [0.5, 0.6) is 0 Å². The molecule has 0 bridgehead atoms. The van der Waals surface area contributed by atoms with Crippen LogP contribution in [0.25, 0.3) is 16.8 Å². The summed E-state index contributed by atoms with van der Waals surface area (Å²) in [6.07, 6.45) is 3.85. The highest BCUT2D eigenvalue weighted by molar-refractivity contribution is 7.13. The number of carbonyl (C=O) groups excluding carboxylic acids is 1. The number of halogens is 1. The van der Waals surface area contributed by atoms with Gasteiger partial charge in [-0.25, -0.2) is 4.39 Å². The number of benzene rings is 2. The molecule has 27 heavy (non-hydrogen) atoms. The van der Waals surface area contributed by atoms with Crippen molar-refractivity contribution in [2.75, 3.05) is 5.32 Å².